The Morgan fingerprint density at radius 1 is 1.40 bits per heavy atom. The SMILES string of the molecule is CCN1CCCC1CNC(=O)c1cc(S(=O)(=O)N(C)C)ccc1OC. The van der Waals surface area contributed by atoms with E-state index in [1.54, 1.807) is 0 Å². The van der Waals surface area contributed by atoms with E-state index in [0.29, 0.717) is 18.3 Å². The van der Waals surface area contributed by atoms with Gasteiger partial charge >= 0.3 is 0 Å². The number of likely N-dealkylation sites (tertiary alicyclic amines) is 1. The Kier molecular flexibility index (Phi) is 6.42. The molecular weight excluding hydrogens is 342 g/mol. The van der Waals surface area contributed by atoms with Crippen LogP contribution in [0, 0.1) is 0 Å². The van der Waals surface area contributed by atoms with Gasteiger partial charge in [0.25, 0.3) is 5.91 Å². The summed E-state index contributed by atoms with van der Waals surface area (Å²) in [6, 6.07) is 4.66. The molecular formula is C17H27N3O4S. The average Bonchev–Trinajstić information content (AvgIpc) is 3.06. The molecule has 1 atom stereocenters. The fourth-order valence-electron chi connectivity index (χ4n) is 3.08. The number of hydrogen-bond donors (Lipinski definition) is 1. The monoisotopic (exact) mass is 369 g/mol. The molecule has 1 aliphatic rings. The topological polar surface area (TPSA) is 79.0 Å². The molecule has 1 aromatic carbocycles. The maximum Gasteiger partial charge on any atom is 0.255 e. The minimum Gasteiger partial charge on any atom is -0.496 e. The largest absolute Gasteiger partial charge is 0.496 e. The van der Waals surface area contributed by atoms with Crippen LogP contribution in [0.15, 0.2) is 23.1 Å². The highest BCUT2D eigenvalue weighted by Gasteiger charge is 2.25. The lowest BCUT2D eigenvalue weighted by Gasteiger charge is -2.23. The standard InChI is InChI=1S/C17H27N3O4S/c1-5-20-10-6-7-13(20)12-18-17(21)15-11-14(8-9-16(15)24-4)25(22,23)19(2)3/h8-9,11,13H,5-7,10,12H2,1-4H3,(H,18,21). The van der Waals surface area contributed by atoms with Crippen LogP contribution in [0.4, 0.5) is 0 Å². The number of carbonyl (C=O) groups is 1. The Balaban J connectivity index is 2.20. The summed E-state index contributed by atoms with van der Waals surface area (Å²) >= 11 is 0. The lowest BCUT2D eigenvalue weighted by atomic mass is 10.1. The molecule has 0 saturated carbocycles. The molecule has 1 fully saturated rings. The van der Waals surface area contributed by atoms with Crippen molar-refractivity contribution >= 4 is 15.9 Å². The highest BCUT2D eigenvalue weighted by Crippen LogP contribution is 2.24. The fourth-order valence-corrected chi connectivity index (χ4v) is 4.01. The number of nitrogens with one attached hydrogen (secondary N) is 1. The van der Waals surface area contributed by atoms with Gasteiger partial charge < -0.3 is 10.1 Å². The Morgan fingerprint density at radius 2 is 2.12 bits per heavy atom. The first-order chi connectivity index (χ1) is 11.8. The number of sulfonamides is 1. The zero-order valence-corrected chi connectivity index (χ0v) is 16.1. The van der Waals surface area contributed by atoms with Gasteiger partial charge in [0.2, 0.25) is 10.0 Å². The molecule has 1 aromatic rings. The van der Waals surface area contributed by atoms with Gasteiger partial charge in [0, 0.05) is 26.7 Å². The quantitative estimate of drug-likeness (QED) is 0.780. The van der Waals surface area contributed by atoms with Crippen molar-refractivity contribution in [3.05, 3.63) is 23.8 Å². The number of methoxy groups -OCH3 is 1. The summed E-state index contributed by atoms with van der Waals surface area (Å²) in [7, 11) is 0.763. The molecule has 25 heavy (non-hydrogen) atoms. The molecule has 1 aliphatic heterocycles. The molecule has 0 spiro atoms. The van der Waals surface area contributed by atoms with E-state index in [1.165, 1.54) is 39.4 Å². The number of likely N-dealkylation sites (N-methyl/N-ethyl adjacent to an activating group) is 1. The lowest BCUT2D eigenvalue weighted by molar-refractivity contribution is 0.0938. The second-order valence-corrected chi connectivity index (χ2v) is 8.44. The minimum absolute atomic E-state index is 0.0690. The van der Waals surface area contributed by atoms with Crippen LogP contribution < -0.4 is 10.1 Å². The van der Waals surface area contributed by atoms with Crippen molar-refractivity contribution in [2.24, 2.45) is 0 Å². The normalized spacial score (nSPS) is 18.5. The minimum atomic E-state index is -3.61. The van der Waals surface area contributed by atoms with E-state index in [9.17, 15) is 13.2 Å². The molecule has 0 aliphatic carbocycles. The number of rotatable bonds is 7. The average molecular weight is 369 g/mol. The summed E-state index contributed by atoms with van der Waals surface area (Å²) in [5.41, 5.74) is 0.228. The summed E-state index contributed by atoms with van der Waals surface area (Å²) in [6.07, 6.45) is 2.19. The molecule has 0 bridgehead atoms. The van der Waals surface area contributed by atoms with Gasteiger partial charge in [-0.2, -0.15) is 0 Å². The maximum atomic E-state index is 12.6. The highest BCUT2D eigenvalue weighted by molar-refractivity contribution is 7.89. The van der Waals surface area contributed by atoms with Crippen molar-refractivity contribution in [3.63, 3.8) is 0 Å². The van der Waals surface area contributed by atoms with Crippen molar-refractivity contribution in [1.29, 1.82) is 0 Å². The first-order valence-electron chi connectivity index (χ1n) is 8.44. The van der Waals surface area contributed by atoms with E-state index < -0.39 is 10.0 Å². The summed E-state index contributed by atoms with van der Waals surface area (Å²) in [5.74, 6) is 0.0320. The van der Waals surface area contributed by atoms with Gasteiger partial charge in [-0.25, -0.2) is 12.7 Å². The Hall–Kier alpha value is -1.64. The van der Waals surface area contributed by atoms with Gasteiger partial charge in [-0.15, -0.1) is 0 Å². The molecule has 1 N–H and O–H groups in total. The zero-order chi connectivity index (χ0) is 18.6. The van der Waals surface area contributed by atoms with Crippen LogP contribution in [-0.2, 0) is 10.0 Å². The highest BCUT2D eigenvalue weighted by atomic mass is 32.2. The molecule has 1 amide bonds. The van der Waals surface area contributed by atoms with E-state index in [1.807, 2.05) is 0 Å². The predicted molar refractivity (Wildman–Crippen MR) is 96.5 cm³/mol. The van der Waals surface area contributed by atoms with Crippen LogP contribution in [0.3, 0.4) is 0 Å². The second kappa shape index (κ2) is 8.16. The van der Waals surface area contributed by atoms with Crippen LogP contribution in [-0.4, -0.2) is 70.4 Å². The first kappa shape index (κ1) is 19.7. The van der Waals surface area contributed by atoms with E-state index in [2.05, 4.69) is 17.1 Å². The third-order valence-electron chi connectivity index (χ3n) is 4.60. The smallest absolute Gasteiger partial charge is 0.255 e. The van der Waals surface area contributed by atoms with Gasteiger partial charge in [-0.3, -0.25) is 9.69 Å². The Morgan fingerprint density at radius 3 is 2.72 bits per heavy atom. The van der Waals surface area contributed by atoms with Gasteiger partial charge in [0.05, 0.1) is 17.6 Å². The second-order valence-electron chi connectivity index (χ2n) is 6.28. The molecule has 8 heteroatoms. The number of amides is 1. The number of nitrogens with zero attached hydrogens (tertiary/aromatic N) is 2. The van der Waals surface area contributed by atoms with Gasteiger partial charge in [-0.1, -0.05) is 6.92 Å². The summed E-state index contributed by atoms with van der Waals surface area (Å²) in [6.45, 7) is 4.66. The van der Waals surface area contributed by atoms with Crippen molar-refractivity contribution in [2.75, 3.05) is 40.8 Å². The number of carbonyl (C=O) groups excluding carboxylic acids is 1. The Labute approximate surface area is 150 Å². The van der Waals surface area contributed by atoms with Crippen molar-refractivity contribution in [1.82, 2.24) is 14.5 Å². The van der Waals surface area contributed by atoms with Crippen molar-refractivity contribution < 1.29 is 17.9 Å². The molecule has 1 saturated heterocycles. The van der Waals surface area contributed by atoms with E-state index in [0.717, 1.165) is 30.2 Å². The van der Waals surface area contributed by atoms with Crippen LogP contribution in [0.2, 0.25) is 0 Å². The fraction of sp³-hybridized carbons (Fsp3) is 0.588. The number of hydrogen-bond acceptors (Lipinski definition) is 5. The lowest BCUT2D eigenvalue weighted by Crippen LogP contribution is -2.40. The van der Waals surface area contributed by atoms with Crippen molar-refractivity contribution in [2.45, 2.75) is 30.7 Å². The predicted octanol–water partition coefficient (Wildman–Crippen LogP) is 1.16. The van der Waals surface area contributed by atoms with Crippen LogP contribution >= 0.6 is 0 Å². The molecule has 140 valence electrons. The van der Waals surface area contributed by atoms with Gasteiger partial charge in [-0.05, 0) is 44.1 Å². The summed E-state index contributed by atoms with van der Waals surface area (Å²) in [5, 5.41) is 2.92. The maximum absolute atomic E-state index is 12.6. The summed E-state index contributed by atoms with van der Waals surface area (Å²) < 4.78 is 31.0. The Bertz CT molecular complexity index is 719. The number of ether oxygens (including phenoxy) is 1. The summed E-state index contributed by atoms with van der Waals surface area (Å²) in [4.78, 5) is 15.0. The molecule has 0 radical (unpaired) electrons. The molecule has 0 aromatic heterocycles. The van der Waals surface area contributed by atoms with Crippen LogP contribution in [0.5, 0.6) is 5.75 Å². The third-order valence-corrected chi connectivity index (χ3v) is 6.41. The van der Waals surface area contributed by atoms with Crippen LogP contribution in [0.1, 0.15) is 30.1 Å². The third kappa shape index (κ3) is 4.31. The molecule has 7 nitrogen and oxygen atoms in total. The molecule has 1 unspecified atom stereocenters. The first-order valence-corrected chi connectivity index (χ1v) is 9.88. The van der Waals surface area contributed by atoms with E-state index >= 15 is 0 Å². The van der Waals surface area contributed by atoms with Gasteiger partial charge in [0.1, 0.15) is 5.75 Å². The molecule has 2 rings (SSSR count). The number of benzene rings is 1. The van der Waals surface area contributed by atoms with E-state index in [-0.39, 0.29) is 16.4 Å². The van der Waals surface area contributed by atoms with Crippen molar-refractivity contribution in [3.8, 4) is 5.75 Å². The molecule has 1 heterocycles. The zero-order valence-electron chi connectivity index (χ0n) is 15.3. The van der Waals surface area contributed by atoms with Crippen LogP contribution in [0.25, 0.3) is 0 Å². The van der Waals surface area contributed by atoms with E-state index in [4.69, 9.17) is 4.74 Å². The van der Waals surface area contributed by atoms with Gasteiger partial charge in [0.15, 0.2) is 0 Å².